The third kappa shape index (κ3) is 2.46. The molecule has 0 saturated heterocycles. The van der Waals surface area contributed by atoms with E-state index in [0.29, 0.717) is 0 Å². The van der Waals surface area contributed by atoms with Crippen LogP contribution < -0.4 is 4.74 Å². The summed E-state index contributed by atoms with van der Waals surface area (Å²) in [5.41, 5.74) is 4.01. The molecule has 112 valence electrons. The Bertz CT molecular complexity index is 778. The van der Waals surface area contributed by atoms with Gasteiger partial charge in [-0.15, -0.1) is 22.7 Å². The van der Waals surface area contributed by atoms with Gasteiger partial charge in [-0.05, 0) is 54.4 Å². The number of rotatable bonds is 3. The molecule has 0 atom stereocenters. The zero-order valence-electron chi connectivity index (χ0n) is 12.5. The fourth-order valence-electron chi connectivity index (χ4n) is 3.03. The zero-order chi connectivity index (χ0) is 14.9. The summed E-state index contributed by atoms with van der Waals surface area (Å²) in [6.07, 6.45) is 9.17. The average molecular weight is 327 g/mol. The largest absolute Gasteiger partial charge is 0.495 e. The number of aliphatic imine (C=N–C) groups is 1. The molecule has 0 bridgehead atoms. The maximum Gasteiger partial charge on any atom is 0.137 e. The molecule has 2 nitrogen and oxygen atoms in total. The van der Waals surface area contributed by atoms with Crippen LogP contribution in [0.1, 0.15) is 30.6 Å². The molecule has 1 aliphatic carbocycles. The number of allylic oxidation sites excluding steroid dienone is 2. The quantitative estimate of drug-likeness (QED) is 0.700. The van der Waals surface area contributed by atoms with Crippen molar-refractivity contribution in [2.45, 2.75) is 25.7 Å². The predicted octanol–water partition coefficient (Wildman–Crippen LogP) is 5.78. The molecule has 0 fully saturated rings. The van der Waals surface area contributed by atoms with Crippen molar-refractivity contribution in [2.75, 3.05) is 7.11 Å². The predicted molar refractivity (Wildman–Crippen MR) is 96.1 cm³/mol. The Morgan fingerprint density at radius 2 is 2.14 bits per heavy atom. The molecular weight excluding hydrogens is 310 g/mol. The van der Waals surface area contributed by atoms with Crippen molar-refractivity contribution in [2.24, 2.45) is 4.99 Å². The monoisotopic (exact) mass is 327 g/mol. The zero-order valence-corrected chi connectivity index (χ0v) is 14.1. The number of hydrogen-bond acceptors (Lipinski definition) is 4. The highest BCUT2D eigenvalue weighted by Crippen LogP contribution is 2.41. The number of nitrogens with zero attached hydrogens (tertiary/aromatic N) is 1. The maximum atomic E-state index is 5.57. The van der Waals surface area contributed by atoms with Crippen molar-refractivity contribution in [3.05, 3.63) is 45.3 Å². The molecule has 4 heteroatoms. The molecule has 0 amide bonds. The van der Waals surface area contributed by atoms with Gasteiger partial charge in [0, 0.05) is 22.0 Å². The Morgan fingerprint density at radius 3 is 2.95 bits per heavy atom. The first kappa shape index (κ1) is 14.0. The molecule has 0 radical (unpaired) electrons. The van der Waals surface area contributed by atoms with E-state index >= 15 is 0 Å². The van der Waals surface area contributed by atoms with Gasteiger partial charge in [0.2, 0.25) is 0 Å². The topological polar surface area (TPSA) is 21.6 Å². The Kier molecular flexibility index (Phi) is 3.72. The summed E-state index contributed by atoms with van der Waals surface area (Å²) >= 11 is 3.55. The smallest absolute Gasteiger partial charge is 0.137 e. The second-order valence-corrected chi connectivity index (χ2v) is 7.55. The van der Waals surface area contributed by atoms with E-state index in [1.807, 2.05) is 0 Å². The van der Waals surface area contributed by atoms with Crippen LogP contribution in [-0.2, 0) is 0 Å². The third-order valence-electron chi connectivity index (χ3n) is 4.16. The van der Waals surface area contributed by atoms with Crippen LogP contribution in [0.5, 0.6) is 5.75 Å². The van der Waals surface area contributed by atoms with Gasteiger partial charge in [0.15, 0.2) is 0 Å². The van der Waals surface area contributed by atoms with Gasteiger partial charge in [-0.2, -0.15) is 0 Å². The number of methoxy groups -OCH3 is 1. The minimum atomic E-state index is 0.945. The lowest BCUT2D eigenvalue weighted by Crippen LogP contribution is -1.96. The molecule has 1 aliphatic heterocycles. The fraction of sp³-hybridized carbons (Fsp3) is 0.278. The Hall–Kier alpha value is -1.65. The lowest BCUT2D eigenvalue weighted by atomic mass is 9.92. The first-order valence-corrected chi connectivity index (χ1v) is 9.24. The van der Waals surface area contributed by atoms with E-state index < -0.39 is 0 Å². The maximum absolute atomic E-state index is 5.57. The van der Waals surface area contributed by atoms with E-state index in [1.54, 1.807) is 29.8 Å². The van der Waals surface area contributed by atoms with E-state index in [2.05, 4.69) is 40.9 Å². The van der Waals surface area contributed by atoms with Gasteiger partial charge in [0.25, 0.3) is 0 Å². The highest BCUT2D eigenvalue weighted by molar-refractivity contribution is 7.22. The van der Waals surface area contributed by atoms with E-state index in [0.717, 1.165) is 22.7 Å². The second-order valence-electron chi connectivity index (χ2n) is 5.52. The number of thiophene rings is 2. The lowest BCUT2D eigenvalue weighted by molar-refractivity contribution is 0.416. The van der Waals surface area contributed by atoms with E-state index in [1.165, 1.54) is 40.2 Å². The Morgan fingerprint density at radius 1 is 1.23 bits per heavy atom. The first-order chi connectivity index (χ1) is 10.8. The molecular formula is C18H17NOS2. The Balaban J connectivity index is 1.72. The van der Waals surface area contributed by atoms with Crippen LogP contribution >= 0.6 is 22.7 Å². The molecule has 2 aromatic heterocycles. The van der Waals surface area contributed by atoms with Crippen LogP contribution in [0.25, 0.3) is 15.8 Å². The summed E-state index contributed by atoms with van der Waals surface area (Å²) in [5.74, 6) is 0.945. The molecule has 0 saturated carbocycles. The van der Waals surface area contributed by atoms with Crippen LogP contribution in [0.3, 0.4) is 0 Å². The SMILES string of the molecule is COc1cc(-c2cccs2)sc1C=C1N=CC2=C1CCCC2. The van der Waals surface area contributed by atoms with Gasteiger partial charge < -0.3 is 4.74 Å². The first-order valence-electron chi connectivity index (χ1n) is 7.55. The summed E-state index contributed by atoms with van der Waals surface area (Å²) < 4.78 is 5.57. The van der Waals surface area contributed by atoms with E-state index in [9.17, 15) is 0 Å². The van der Waals surface area contributed by atoms with Gasteiger partial charge in [-0.25, -0.2) is 0 Å². The van der Waals surface area contributed by atoms with Crippen LogP contribution in [0, 0.1) is 0 Å². The summed E-state index contributed by atoms with van der Waals surface area (Å²) in [7, 11) is 1.74. The molecule has 0 aromatic carbocycles. The minimum Gasteiger partial charge on any atom is -0.495 e. The summed E-state index contributed by atoms with van der Waals surface area (Å²) in [6, 6.07) is 6.38. The summed E-state index contributed by atoms with van der Waals surface area (Å²) in [5, 5.41) is 2.11. The van der Waals surface area contributed by atoms with Crippen molar-refractivity contribution in [1.82, 2.24) is 0 Å². The van der Waals surface area contributed by atoms with E-state index in [4.69, 9.17) is 4.74 Å². The average Bonchev–Trinajstić information content (AvgIpc) is 3.27. The number of hydrogen-bond donors (Lipinski definition) is 0. The van der Waals surface area contributed by atoms with Gasteiger partial charge in [-0.3, -0.25) is 4.99 Å². The lowest BCUT2D eigenvalue weighted by Gasteiger charge is -2.12. The van der Waals surface area contributed by atoms with Gasteiger partial charge in [0.05, 0.1) is 17.7 Å². The molecule has 0 spiro atoms. The number of ether oxygens (including phenoxy) is 1. The summed E-state index contributed by atoms with van der Waals surface area (Å²) in [4.78, 5) is 8.36. The standard InChI is InChI=1S/C18H17NOS2/c1-20-15-10-18(16-7-4-8-21-16)22-17(15)9-14-13-6-3-2-5-12(13)11-19-14/h4,7-11H,2-3,5-6H2,1H3. The van der Waals surface area contributed by atoms with Crippen molar-refractivity contribution in [1.29, 1.82) is 0 Å². The van der Waals surface area contributed by atoms with E-state index in [-0.39, 0.29) is 0 Å². The van der Waals surface area contributed by atoms with Crippen LogP contribution in [0.15, 0.2) is 45.4 Å². The summed E-state index contributed by atoms with van der Waals surface area (Å²) in [6.45, 7) is 0. The third-order valence-corrected chi connectivity index (χ3v) is 6.28. The normalized spacial score (nSPS) is 19.0. The molecule has 22 heavy (non-hydrogen) atoms. The van der Waals surface area contributed by atoms with Crippen molar-refractivity contribution < 1.29 is 4.74 Å². The van der Waals surface area contributed by atoms with Gasteiger partial charge >= 0.3 is 0 Å². The highest BCUT2D eigenvalue weighted by atomic mass is 32.1. The Labute approximate surface area is 138 Å². The molecule has 0 N–H and O–H groups in total. The molecule has 2 aliphatic rings. The van der Waals surface area contributed by atoms with Gasteiger partial charge in [0.1, 0.15) is 5.75 Å². The fourth-order valence-corrected chi connectivity index (χ4v) is 4.92. The minimum absolute atomic E-state index is 0.945. The highest BCUT2D eigenvalue weighted by Gasteiger charge is 2.20. The van der Waals surface area contributed by atoms with Crippen molar-refractivity contribution in [3.8, 4) is 15.5 Å². The van der Waals surface area contributed by atoms with Crippen LogP contribution in [0.4, 0.5) is 0 Å². The molecule has 4 rings (SSSR count). The van der Waals surface area contributed by atoms with Crippen molar-refractivity contribution in [3.63, 3.8) is 0 Å². The van der Waals surface area contributed by atoms with Gasteiger partial charge in [-0.1, -0.05) is 6.07 Å². The van der Waals surface area contributed by atoms with Crippen LogP contribution in [-0.4, -0.2) is 13.3 Å². The molecule has 2 aromatic rings. The van der Waals surface area contributed by atoms with Crippen LogP contribution in [0.2, 0.25) is 0 Å². The molecule has 0 unspecified atom stereocenters. The van der Waals surface area contributed by atoms with Crippen molar-refractivity contribution >= 4 is 35.0 Å². The molecule has 3 heterocycles. The second kappa shape index (κ2) is 5.86.